The zero-order chi connectivity index (χ0) is 23.8. The number of nitrogens with zero attached hydrogens (tertiary/aromatic N) is 1. The van der Waals surface area contributed by atoms with Crippen molar-refractivity contribution in [2.75, 3.05) is 38.2 Å². The first-order valence-corrected chi connectivity index (χ1v) is 11.6. The number of aryl methyl sites for hydroxylation is 1. The summed E-state index contributed by atoms with van der Waals surface area (Å²) in [4.78, 5) is 27.4. The van der Waals surface area contributed by atoms with E-state index in [-0.39, 0.29) is 30.9 Å². The number of rotatable bonds is 10. The van der Waals surface area contributed by atoms with Crippen molar-refractivity contribution in [1.29, 1.82) is 0 Å². The number of benzene rings is 2. The van der Waals surface area contributed by atoms with Crippen molar-refractivity contribution in [2.24, 2.45) is 0 Å². The van der Waals surface area contributed by atoms with Crippen LogP contribution in [0.25, 0.3) is 0 Å². The molecule has 0 saturated heterocycles. The molecule has 1 heterocycles. The van der Waals surface area contributed by atoms with Gasteiger partial charge in [-0.2, -0.15) is 0 Å². The van der Waals surface area contributed by atoms with Crippen molar-refractivity contribution >= 4 is 17.6 Å². The molecule has 0 aliphatic carbocycles. The molecule has 1 amide bonds. The Hall–Kier alpha value is -3.06. The fourth-order valence-electron chi connectivity index (χ4n) is 4.19. The molecular formula is C26H34N2O5. The van der Waals surface area contributed by atoms with Crippen LogP contribution < -0.4 is 14.8 Å². The number of ether oxygens (including phenoxy) is 3. The fourth-order valence-corrected chi connectivity index (χ4v) is 4.19. The topological polar surface area (TPSA) is 77.1 Å². The standard InChI is InChI=1S/C26H34N2O5/c1-5-31-23-14-19-12-13-28(17-25(29)27-21-11-9-8-10-18(21)4)22(16-26(30)33-7-3)20(19)15-24(23)32-6-2/h8-11,14-15,22H,5-7,12-13,16-17H2,1-4H3,(H,27,29)/t22-/m0/s1. The van der Waals surface area contributed by atoms with E-state index in [0.717, 1.165) is 28.8 Å². The number of fused-ring (bicyclic) bond motifs is 1. The van der Waals surface area contributed by atoms with Gasteiger partial charge in [-0.1, -0.05) is 18.2 Å². The van der Waals surface area contributed by atoms with Crippen LogP contribution >= 0.6 is 0 Å². The molecule has 0 aromatic heterocycles. The minimum Gasteiger partial charge on any atom is -0.490 e. The lowest BCUT2D eigenvalue weighted by molar-refractivity contribution is -0.145. The Morgan fingerprint density at radius 3 is 2.39 bits per heavy atom. The Balaban J connectivity index is 1.88. The van der Waals surface area contributed by atoms with Crippen LogP contribution in [0.15, 0.2) is 36.4 Å². The van der Waals surface area contributed by atoms with Gasteiger partial charge in [0.15, 0.2) is 11.5 Å². The molecule has 33 heavy (non-hydrogen) atoms. The Morgan fingerprint density at radius 2 is 1.73 bits per heavy atom. The lowest BCUT2D eigenvalue weighted by Crippen LogP contribution is -2.41. The van der Waals surface area contributed by atoms with Gasteiger partial charge in [0.05, 0.1) is 32.8 Å². The first-order valence-electron chi connectivity index (χ1n) is 11.6. The highest BCUT2D eigenvalue weighted by Crippen LogP contribution is 2.40. The van der Waals surface area contributed by atoms with Crippen LogP contribution in [0.4, 0.5) is 5.69 Å². The summed E-state index contributed by atoms with van der Waals surface area (Å²) in [6.45, 7) is 9.80. The third-order valence-electron chi connectivity index (χ3n) is 5.70. The van der Waals surface area contributed by atoms with E-state index in [0.29, 0.717) is 37.9 Å². The number of hydrogen-bond donors (Lipinski definition) is 1. The molecule has 1 aliphatic heterocycles. The molecule has 2 aromatic rings. The van der Waals surface area contributed by atoms with Gasteiger partial charge in [-0.25, -0.2) is 0 Å². The highest BCUT2D eigenvalue weighted by atomic mass is 16.5. The third-order valence-corrected chi connectivity index (χ3v) is 5.70. The number of anilines is 1. The quantitative estimate of drug-likeness (QED) is 0.540. The van der Waals surface area contributed by atoms with Crippen LogP contribution in [0.5, 0.6) is 11.5 Å². The Labute approximate surface area is 196 Å². The smallest absolute Gasteiger partial charge is 0.307 e. The maximum atomic E-state index is 12.9. The fraction of sp³-hybridized carbons (Fsp3) is 0.462. The molecule has 2 aromatic carbocycles. The van der Waals surface area contributed by atoms with Crippen molar-refractivity contribution < 1.29 is 23.8 Å². The number of carbonyl (C=O) groups is 2. The van der Waals surface area contributed by atoms with Crippen LogP contribution in [-0.4, -0.2) is 49.7 Å². The maximum absolute atomic E-state index is 12.9. The summed E-state index contributed by atoms with van der Waals surface area (Å²) >= 11 is 0. The van der Waals surface area contributed by atoms with Gasteiger partial charge in [0.2, 0.25) is 5.91 Å². The van der Waals surface area contributed by atoms with Gasteiger partial charge < -0.3 is 19.5 Å². The normalized spacial score (nSPS) is 15.5. The third kappa shape index (κ3) is 6.26. The lowest BCUT2D eigenvalue weighted by atomic mass is 9.90. The zero-order valence-corrected chi connectivity index (χ0v) is 20.0. The minimum absolute atomic E-state index is 0.113. The summed E-state index contributed by atoms with van der Waals surface area (Å²) in [5, 5.41) is 3.00. The van der Waals surface area contributed by atoms with Crippen molar-refractivity contribution in [3.8, 4) is 11.5 Å². The Bertz CT molecular complexity index is 975. The summed E-state index contributed by atoms with van der Waals surface area (Å²) in [6.07, 6.45) is 0.914. The number of amides is 1. The summed E-state index contributed by atoms with van der Waals surface area (Å²) in [5.74, 6) is 0.959. The van der Waals surface area contributed by atoms with Crippen LogP contribution in [0, 0.1) is 6.92 Å². The second-order valence-corrected chi connectivity index (χ2v) is 7.97. The van der Waals surface area contributed by atoms with Crippen LogP contribution in [0.1, 0.15) is 49.9 Å². The Morgan fingerprint density at radius 1 is 1.03 bits per heavy atom. The highest BCUT2D eigenvalue weighted by Gasteiger charge is 2.32. The van der Waals surface area contributed by atoms with Crippen LogP contribution in [0.2, 0.25) is 0 Å². The molecule has 3 rings (SSSR count). The molecule has 0 saturated carbocycles. The molecule has 7 heteroatoms. The maximum Gasteiger partial charge on any atom is 0.307 e. The summed E-state index contributed by atoms with van der Waals surface area (Å²) in [6, 6.07) is 11.4. The van der Waals surface area contributed by atoms with Gasteiger partial charge in [-0.05, 0) is 69.0 Å². The van der Waals surface area contributed by atoms with Crippen LogP contribution in [0.3, 0.4) is 0 Å². The summed E-state index contributed by atoms with van der Waals surface area (Å²) in [5.41, 5.74) is 3.88. The zero-order valence-electron chi connectivity index (χ0n) is 20.0. The number of esters is 1. The molecule has 0 bridgehead atoms. The molecule has 7 nitrogen and oxygen atoms in total. The molecule has 1 atom stereocenters. The molecule has 0 radical (unpaired) electrons. The average molecular weight is 455 g/mol. The molecule has 178 valence electrons. The molecule has 1 N–H and O–H groups in total. The SMILES string of the molecule is CCOC(=O)C[C@H]1c2cc(OCC)c(OCC)cc2CCN1CC(=O)Nc1ccccc1C. The number of para-hydroxylation sites is 1. The van der Waals surface area contributed by atoms with Crippen molar-refractivity contribution in [2.45, 2.75) is 46.6 Å². The number of carbonyl (C=O) groups excluding carboxylic acids is 2. The monoisotopic (exact) mass is 454 g/mol. The summed E-state index contributed by atoms with van der Waals surface area (Å²) in [7, 11) is 0. The largest absolute Gasteiger partial charge is 0.490 e. The van der Waals surface area contributed by atoms with E-state index in [4.69, 9.17) is 14.2 Å². The van der Waals surface area contributed by atoms with Gasteiger partial charge in [-0.3, -0.25) is 14.5 Å². The van der Waals surface area contributed by atoms with Gasteiger partial charge in [0.25, 0.3) is 0 Å². The predicted molar refractivity (Wildman–Crippen MR) is 128 cm³/mol. The molecule has 1 aliphatic rings. The number of nitrogens with one attached hydrogen (secondary N) is 1. The first kappa shape index (κ1) is 24.6. The predicted octanol–water partition coefficient (Wildman–Crippen LogP) is 4.28. The van der Waals surface area contributed by atoms with E-state index in [9.17, 15) is 9.59 Å². The van der Waals surface area contributed by atoms with E-state index in [1.54, 1.807) is 6.92 Å². The van der Waals surface area contributed by atoms with E-state index in [1.165, 1.54) is 0 Å². The first-order chi connectivity index (χ1) is 16.0. The van der Waals surface area contributed by atoms with E-state index < -0.39 is 0 Å². The van der Waals surface area contributed by atoms with Crippen molar-refractivity contribution in [3.63, 3.8) is 0 Å². The summed E-state index contributed by atoms with van der Waals surface area (Å²) < 4.78 is 16.9. The average Bonchev–Trinajstić information content (AvgIpc) is 2.78. The molecule has 0 fully saturated rings. The molecule has 0 unspecified atom stereocenters. The molecular weight excluding hydrogens is 420 g/mol. The second-order valence-electron chi connectivity index (χ2n) is 7.97. The van der Waals surface area contributed by atoms with Gasteiger partial charge in [0.1, 0.15) is 0 Å². The van der Waals surface area contributed by atoms with Gasteiger partial charge in [0, 0.05) is 18.3 Å². The lowest BCUT2D eigenvalue weighted by Gasteiger charge is -2.37. The van der Waals surface area contributed by atoms with Crippen molar-refractivity contribution in [3.05, 3.63) is 53.1 Å². The molecule has 0 spiro atoms. The Kier molecular flexibility index (Phi) is 8.72. The van der Waals surface area contributed by atoms with E-state index in [1.807, 2.05) is 62.1 Å². The van der Waals surface area contributed by atoms with Crippen LogP contribution in [-0.2, 0) is 20.7 Å². The minimum atomic E-state index is -0.287. The van der Waals surface area contributed by atoms with E-state index in [2.05, 4.69) is 5.32 Å². The second kappa shape index (κ2) is 11.7. The van der Waals surface area contributed by atoms with Crippen molar-refractivity contribution in [1.82, 2.24) is 4.90 Å². The van der Waals surface area contributed by atoms with Gasteiger partial charge in [-0.15, -0.1) is 0 Å². The number of hydrogen-bond acceptors (Lipinski definition) is 6. The highest BCUT2D eigenvalue weighted by molar-refractivity contribution is 5.93. The van der Waals surface area contributed by atoms with Gasteiger partial charge >= 0.3 is 5.97 Å². The van der Waals surface area contributed by atoms with E-state index >= 15 is 0 Å².